The van der Waals surface area contributed by atoms with Crippen molar-refractivity contribution in [2.75, 3.05) is 26.0 Å². The lowest BCUT2D eigenvalue weighted by atomic mass is 9.94. The van der Waals surface area contributed by atoms with Crippen LogP contribution in [0.3, 0.4) is 0 Å². The minimum atomic E-state index is -0.865. The van der Waals surface area contributed by atoms with Gasteiger partial charge in [-0.3, -0.25) is 14.4 Å². The van der Waals surface area contributed by atoms with Gasteiger partial charge in [0.1, 0.15) is 30.1 Å². The molecule has 1 saturated heterocycles. The summed E-state index contributed by atoms with van der Waals surface area (Å²) in [7, 11) is 3.25. The van der Waals surface area contributed by atoms with Gasteiger partial charge in [0.2, 0.25) is 5.91 Å². The van der Waals surface area contributed by atoms with Gasteiger partial charge in [-0.25, -0.2) is 8.78 Å². The van der Waals surface area contributed by atoms with Crippen molar-refractivity contribution in [1.82, 2.24) is 10.2 Å². The molecule has 2 aliphatic heterocycles. The third-order valence-electron chi connectivity index (χ3n) is 6.09. The fourth-order valence-corrected chi connectivity index (χ4v) is 4.30. The standard InChI is InChI=1S/C24H25F2N3O5/c1-27-22(30)11-17-4-5-19-21(34-17)12-33-20-6-3-16(10-18(20)24(32)29(19)2)28-23(31)13-7-14(25)9-15(26)8-13/h3,6-10,17,19,21H,4-5,11-12H2,1-2H3,(H,27,30)(H,28,31)/t17-,19-,21+/m0/s1. The van der Waals surface area contributed by atoms with Gasteiger partial charge in [0, 0.05) is 31.4 Å². The Labute approximate surface area is 195 Å². The van der Waals surface area contributed by atoms with E-state index in [1.807, 2.05) is 0 Å². The van der Waals surface area contributed by atoms with Gasteiger partial charge < -0.3 is 25.0 Å². The van der Waals surface area contributed by atoms with E-state index in [-0.39, 0.29) is 53.8 Å². The Kier molecular flexibility index (Phi) is 6.78. The molecule has 0 saturated carbocycles. The van der Waals surface area contributed by atoms with Crippen LogP contribution in [0.2, 0.25) is 0 Å². The van der Waals surface area contributed by atoms with Gasteiger partial charge in [-0.2, -0.15) is 0 Å². The zero-order valence-electron chi connectivity index (χ0n) is 18.8. The highest BCUT2D eigenvalue weighted by molar-refractivity contribution is 6.05. The van der Waals surface area contributed by atoms with Gasteiger partial charge in [-0.15, -0.1) is 0 Å². The molecule has 1 fully saturated rings. The van der Waals surface area contributed by atoms with Crippen molar-refractivity contribution in [3.8, 4) is 5.75 Å². The summed E-state index contributed by atoms with van der Waals surface area (Å²) in [6, 6.07) is 6.85. The summed E-state index contributed by atoms with van der Waals surface area (Å²) in [4.78, 5) is 39.0. The van der Waals surface area contributed by atoms with E-state index >= 15 is 0 Å². The Morgan fingerprint density at radius 2 is 1.85 bits per heavy atom. The first-order valence-corrected chi connectivity index (χ1v) is 10.9. The Balaban J connectivity index is 1.52. The van der Waals surface area contributed by atoms with Crippen LogP contribution in [0.4, 0.5) is 14.5 Å². The number of hydrogen-bond acceptors (Lipinski definition) is 5. The number of halogens is 2. The lowest BCUT2D eigenvalue weighted by Gasteiger charge is -2.42. The van der Waals surface area contributed by atoms with Crippen molar-refractivity contribution >= 4 is 23.4 Å². The van der Waals surface area contributed by atoms with E-state index in [0.717, 1.165) is 12.1 Å². The zero-order valence-corrected chi connectivity index (χ0v) is 18.8. The SMILES string of the molecule is CNC(=O)C[C@@H]1CC[C@H]2[C@@H](COc3ccc(NC(=O)c4cc(F)cc(F)c4)cc3C(=O)N2C)O1. The Hall–Kier alpha value is -3.53. The second-order valence-corrected chi connectivity index (χ2v) is 8.37. The lowest BCUT2D eigenvalue weighted by molar-refractivity contribution is -0.133. The van der Waals surface area contributed by atoms with E-state index in [1.165, 1.54) is 12.1 Å². The first-order chi connectivity index (χ1) is 16.2. The number of nitrogens with one attached hydrogen (secondary N) is 2. The predicted octanol–water partition coefficient (Wildman–Crippen LogP) is 2.73. The van der Waals surface area contributed by atoms with Crippen molar-refractivity contribution in [1.29, 1.82) is 0 Å². The van der Waals surface area contributed by atoms with Crippen molar-refractivity contribution < 1.29 is 32.6 Å². The molecule has 180 valence electrons. The number of anilines is 1. The molecule has 2 heterocycles. The third kappa shape index (κ3) is 5.01. The summed E-state index contributed by atoms with van der Waals surface area (Å²) in [5.41, 5.74) is 0.343. The van der Waals surface area contributed by atoms with E-state index < -0.39 is 23.6 Å². The molecule has 0 unspecified atom stereocenters. The molecule has 0 aliphatic carbocycles. The number of hydrogen-bond donors (Lipinski definition) is 2. The molecule has 4 rings (SSSR count). The number of benzene rings is 2. The fraction of sp³-hybridized carbons (Fsp3) is 0.375. The maximum Gasteiger partial charge on any atom is 0.257 e. The molecule has 0 radical (unpaired) electrons. The summed E-state index contributed by atoms with van der Waals surface area (Å²) in [5, 5.41) is 5.15. The van der Waals surface area contributed by atoms with Crippen LogP contribution in [0.25, 0.3) is 0 Å². The summed E-state index contributed by atoms with van der Waals surface area (Å²) in [6.45, 7) is 0.188. The van der Waals surface area contributed by atoms with E-state index in [4.69, 9.17) is 9.47 Å². The number of carbonyl (C=O) groups is 3. The van der Waals surface area contributed by atoms with Crippen LogP contribution in [0.5, 0.6) is 5.75 Å². The van der Waals surface area contributed by atoms with Gasteiger partial charge in [-0.05, 0) is 43.2 Å². The third-order valence-corrected chi connectivity index (χ3v) is 6.09. The highest BCUT2D eigenvalue weighted by atomic mass is 19.1. The monoisotopic (exact) mass is 473 g/mol. The number of ether oxygens (including phenoxy) is 2. The fourth-order valence-electron chi connectivity index (χ4n) is 4.30. The number of amides is 3. The van der Waals surface area contributed by atoms with Crippen molar-refractivity contribution in [3.63, 3.8) is 0 Å². The predicted molar refractivity (Wildman–Crippen MR) is 119 cm³/mol. The molecule has 2 aromatic carbocycles. The van der Waals surface area contributed by atoms with Gasteiger partial charge in [0.05, 0.1) is 24.1 Å². The minimum absolute atomic E-state index is 0.111. The molecule has 10 heteroatoms. The summed E-state index contributed by atoms with van der Waals surface area (Å²) < 4.78 is 38.9. The van der Waals surface area contributed by atoms with Gasteiger partial charge >= 0.3 is 0 Å². The molecule has 0 spiro atoms. The highest BCUT2D eigenvalue weighted by Gasteiger charge is 2.39. The van der Waals surface area contributed by atoms with E-state index in [2.05, 4.69) is 10.6 Å². The number of nitrogens with zero attached hydrogens (tertiary/aromatic N) is 1. The van der Waals surface area contributed by atoms with Gasteiger partial charge in [0.15, 0.2) is 0 Å². The van der Waals surface area contributed by atoms with E-state index in [1.54, 1.807) is 25.1 Å². The molecule has 3 amide bonds. The van der Waals surface area contributed by atoms with Crippen molar-refractivity contribution in [2.24, 2.45) is 0 Å². The number of carbonyl (C=O) groups excluding carboxylic acids is 3. The second-order valence-electron chi connectivity index (χ2n) is 8.37. The molecule has 2 aliphatic rings. The van der Waals surface area contributed by atoms with Crippen LogP contribution < -0.4 is 15.4 Å². The summed E-state index contributed by atoms with van der Waals surface area (Å²) in [6.07, 6.45) is 0.866. The molecule has 8 nitrogen and oxygen atoms in total. The van der Waals surface area contributed by atoms with Crippen LogP contribution in [-0.4, -0.2) is 61.6 Å². The van der Waals surface area contributed by atoms with Crippen LogP contribution in [0, 0.1) is 11.6 Å². The van der Waals surface area contributed by atoms with E-state index in [0.29, 0.717) is 24.7 Å². The van der Waals surface area contributed by atoms with E-state index in [9.17, 15) is 23.2 Å². The number of fused-ring (bicyclic) bond motifs is 2. The first-order valence-electron chi connectivity index (χ1n) is 10.9. The quantitative estimate of drug-likeness (QED) is 0.712. The van der Waals surface area contributed by atoms with Crippen molar-refractivity contribution in [3.05, 3.63) is 59.2 Å². The smallest absolute Gasteiger partial charge is 0.257 e. The van der Waals surface area contributed by atoms with Gasteiger partial charge in [-0.1, -0.05) is 0 Å². The lowest BCUT2D eigenvalue weighted by Crippen LogP contribution is -2.53. The highest BCUT2D eigenvalue weighted by Crippen LogP contribution is 2.32. The molecule has 2 aromatic rings. The van der Waals surface area contributed by atoms with Gasteiger partial charge in [0.25, 0.3) is 11.8 Å². The van der Waals surface area contributed by atoms with Crippen molar-refractivity contribution in [2.45, 2.75) is 37.5 Å². The molecular weight excluding hydrogens is 448 g/mol. The first kappa shape index (κ1) is 23.6. The van der Waals surface area contributed by atoms with Crippen LogP contribution in [0.1, 0.15) is 40.0 Å². The second kappa shape index (κ2) is 9.76. The molecular formula is C24H25F2N3O5. The maximum absolute atomic E-state index is 13.5. The normalized spacial score (nSPS) is 21.9. The van der Waals surface area contributed by atoms with Crippen LogP contribution in [0.15, 0.2) is 36.4 Å². The zero-order chi connectivity index (χ0) is 24.4. The minimum Gasteiger partial charge on any atom is -0.490 e. The Bertz CT molecular complexity index is 1110. The average molecular weight is 473 g/mol. The molecule has 3 atom stereocenters. The maximum atomic E-state index is 13.5. The average Bonchev–Trinajstić information content (AvgIpc) is 2.81. The summed E-state index contributed by atoms with van der Waals surface area (Å²) >= 11 is 0. The Morgan fingerprint density at radius 1 is 1.12 bits per heavy atom. The molecule has 0 aromatic heterocycles. The Morgan fingerprint density at radius 3 is 2.56 bits per heavy atom. The van der Waals surface area contributed by atoms with Crippen LogP contribution >= 0.6 is 0 Å². The van der Waals surface area contributed by atoms with Crippen LogP contribution in [-0.2, 0) is 9.53 Å². The number of likely N-dealkylation sites (N-methyl/N-ethyl adjacent to an activating group) is 1. The molecule has 0 bridgehead atoms. The molecule has 34 heavy (non-hydrogen) atoms. The molecule has 2 N–H and O–H groups in total. The summed E-state index contributed by atoms with van der Waals surface area (Å²) in [5.74, 6) is -2.55. The number of rotatable bonds is 4. The largest absolute Gasteiger partial charge is 0.490 e. The topological polar surface area (TPSA) is 97.0 Å².